The van der Waals surface area contributed by atoms with E-state index in [0.29, 0.717) is 18.1 Å². The van der Waals surface area contributed by atoms with E-state index in [1.54, 1.807) is 4.90 Å². The van der Waals surface area contributed by atoms with Crippen molar-refractivity contribution in [3.05, 3.63) is 76.3 Å². The molecule has 0 atom stereocenters. The summed E-state index contributed by atoms with van der Waals surface area (Å²) in [4.78, 5) is 14.0. The fourth-order valence-corrected chi connectivity index (χ4v) is 3.09. The summed E-state index contributed by atoms with van der Waals surface area (Å²) < 4.78 is 5.40. The molecule has 0 aromatic heterocycles. The number of nitrogens with zero attached hydrogens (tertiary/aromatic N) is 1. The molecule has 0 unspecified atom stereocenters. The fraction of sp³-hybridized carbons (Fsp3) is 0.211. The lowest BCUT2D eigenvalue weighted by Crippen LogP contribution is -2.36. The molecule has 0 saturated carbocycles. The van der Waals surface area contributed by atoms with E-state index in [1.807, 2.05) is 48.5 Å². The highest BCUT2D eigenvalue weighted by atomic mass is 35.5. The standard InChI is InChI=1S/C19H18ClNO2/c1-2-15-10-17(20)11-16-12-21(9-8-18(15)16)19(22)23-13-14-6-4-3-5-7-14/h2-7,10-11H,1,8-9,12-13H2. The van der Waals surface area contributed by atoms with Crippen molar-refractivity contribution in [1.82, 2.24) is 4.90 Å². The van der Waals surface area contributed by atoms with Crippen LogP contribution in [-0.4, -0.2) is 17.5 Å². The minimum atomic E-state index is -0.292. The molecule has 3 nitrogen and oxygen atoms in total. The number of benzene rings is 2. The van der Waals surface area contributed by atoms with Gasteiger partial charge >= 0.3 is 6.09 Å². The maximum atomic E-state index is 12.3. The SMILES string of the molecule is C=Cc1cc(Cl)cc2c1CCN(C(=O)OCc1ccccc1)C2. The Morgan fingerprint density at radius 3 is 2.83 bits per heavy atom. The van der Waals surface area contributed by atoms with Gasteiger partial charge in [-0.15, -0.1) is 0 Å². The van der Waals surface area contributed by atoms with Gasteiger partial charge in [0.05, 0.1) is 0 Å². The molecule has 0 bridgehead atoms. The van der Waals surface area contributed by atoms with Crippen LogP contribution in [0.4, 0.5) is 4.79 Å². The lowest BCUT2D eigenvalue weighted by molar-refractivity contribution is 0.0918. The first-order chi connectivity index (χ1) is 11.2. The number of rotatable bonds is 3. The smallest absolute Gasteiger partial charge is 0.410 e. The predicted octanol–water partition coefficient (Wildman–Crippen LogP) is 4.68. The molecule has 0 saturated heterocycles. The summed E-state index contributed by atoms with van der Waals surface area (Å²) in [5, 5.41) is 0.665. The first kappa shape index (κ1) is 15.6. The van der Waals surface area contributed by atoms with Gasteiger partial charge in [-0.3, -0.25) is 0 Å². The van der Waals surface area contributed by atoms with Gasteiger partial charge in [-0.05, 0) is 40.8 Å². The second kappa shape index (κ2) is 6.88. The zero-order valence-corrected chi connectivity index (χ0v) is 13.6. The van der Waals surface area contributed by atoms with E-state index in [9.17, 15) is 4.79 Å². The topological polar surface area (TPSA) is 29.5 Å². The average Bonchev–Trinajstić information content (AvgIpc) is 2.59. The Bertz CT molecular complexity index is 728. The van der Waals surface area contributed by atoms with Gasteiger partial charge in [0.25, 0.3) is 0 Å². The lowest BCUT2D eigenvalue weighted by atomic mass is 9.94. The van der Waals surface area contributed by atoms with Crippen molar-refractivity contribution in [2.75, 3.05) is 6.54 Å². The molecule has 118 valence electrons. The van der Waals surface area contributed by atoms with Crippen molar-refractivity contribution in [3.8, 4) is 0 Å². The molecule has 1 amide bonds. The van der Waals surface area contributed by atoms with Crippen LogP contribution in [0.5, 0.6) is 0 Å². The summed E-state index contributed by atoms with van der Waals surface area (Å²) in [6.07, 6.45) is 2.31. The van der Waals surface area contributed by atoms with Gasteiger partial charge in [-0.25, -0.2) is 4.79 Å². The van der Waals surface area contributed by atoms with Crippen molar-refractivity contribution < 1.29 is 9.53 Å². The Morgan fingerprint density at radius 1 is 1.30 bits per heavy atom. The predicted molar refractivity (Wildman–Crippen MR) is 92.3 cm³/mol. The number of carbonyl (C=O) groups excluding carboxylic acids is 1. The Balaban J connectivity index is 1.68. The molecule has 2 aromatic rings. The van der Waals surface area contributed by atoms with E-state index in [0.717, 1.165) is 23.1 Å². The second-order valence-electron chi connectivity index (χ2n) is 5.55. The minimum absolute atomic E-state index is 0.288. The van der Waals surface area contributed by atoms with E-state index in [-0.39, 0.29) is 12.7 Å². The van der Waals surface area contributed by atoms with Gasteiger partial charge in [0.1, 0.15) is 6.61 Å². The minimum Gasteiger partial charge on any atom is -0.445 e. The lowest BCUT2D eigenvalue weighted by Gasteiger charge is -2.29. The van der Waals surface area contributed by atoms with Crippen LogP contribution < -0.4 is 0 Å². The van der Waals surface area contributed by atoms with E-state index in [1.165, 1.54) is 5.56 Å². The summed E-state index contributed by atoms with van der Waals surface area (Å²) in [5.74, 6) is 0. The van der Waals surface area contributed by atoms with Gasteiger partial charge in [-0.2, -0.15) is 0 Å². The van der Waals surface area contributed by atoms with Gasteiger partial charge < -0.3 is 9.64 Å². The average molecular weight is 328 g/mol. The molecule has 0 aliphatic carbocycles. The molecule has 1 aliphatic heterocycles. The first-order valence-corrected chi connectivity index (χ1v) is 7.94. The molecule has 2 aromatic carbocycles. The molecule has 0 radical (unpaired) electrons. The van der Waals surface area contributed by atoms with Crippen LogP contribution >= 0.6 is 11.6 Å². The zero-order chi connectivity index (χ0) is 16.2. The van der Waals surface area contributed by atoms with Crippen molar-refractivity contribution in [2.24, 2.45) is 0 Å². The van der Waals surface area contributed by atoms with Crippen LogP contribution in [-0.2, 0) is 24.3 Å². The number of carbonyl (C=O) groups is 1. The van der Waals surface area contributed by atoms with Crippen molar-refractivity contribution in [2.45, 2.75) is 19.6 Å². The quantitative estimate of drug-likeness (QED) is 0.819. The molecular formula is C19H18ClNO2. The second-order valence-corrected chi connectivity index (χ2v) is 5.98. The molecule has 4 heteroatoms. The van der Waals surface area contributed by atoms with Crippen LogP contribution in [0.25, 0.3) is 6.08 Å². The fourth-order valence-electron chi connectivity index (χ4n) is 2.84. The summed E-state index contributed by atoms with van der Waals surface area (Å²) in [6.45, 7) is 5.28. The molecule has 1 aliphatic rings. The van der Waals surface area contributed by atoms with Crippen LogP contribution in [0.3, 0.4) is 0 Å². The maximum absolute atomic E-state index is 12.3. The Morgan fingerprint density at radius 2 is 2.09 bits per heavy atom. The zero-order valence-electron chi connectivity index (χ0n) is 12.8. The molecule has 23 heavy (non-hydrogen) atoms. The van der Waals surface area contributed by atoms with Crippen molar-refractivity contribution >= 4 is 23.8 Å². The molecule has 0 N–H and O–H groups in total. The monoisotopic (exact) mass is 327 g/mol. The number of ether oxygens (including phenoxy) is 1. The first-order valence-electron chi connectivity index (χ1n) is 7.56. The largest absolute Gasteiger partial charge is 0.445 e. The highest BCUT2D eigenvalue weighted by Gasteiger charge is 2.23. The third-order valence-electron chi connectivity index (χ3n) is 4.02. The molecular weight excluding hydrogens is 310 g/mol. The van der Waals surface area contributed by atoms with Gasteiger partial charge in [0, 0.05) is 18.1 Å². The number of halogens is 1. The number of fused-ring (bicyclic) bond motifs is 1. The Labute approximate surface area is 141 Å². The Kier molecular flexibility index (Phi) is 4.68. The van der Waals surface area contributed by atoms with E-state index < -0.39 is 0 Å². The van der Waals surface area contributed by atoms with Crippen LogP contribution in [0.2, 0.25) is 5.02 Å². The third kappa shape index (κ3) is 3.57. The highest BCUT2D eigenvalue weighted by molar-refractivity contribution is 6.30. The van der Waals surface area contributed by atoms with Gasteiger partial charge in [0.15, 0.2) is 0 Å². The third-order valence-corrected chi connectivity index (χ3v) is 4.24. The molecule has 0 fully saturated rings. The van der Waals surface area contributed by atoms with Crippen molar-refractivity contribution in [1.29, 1.82) is 0 Å². The summed E-state index contributed by atoms with van der Waals surface area (Å²) in [6, 6.07) is 13.5. The van der Waals surface area contributed by atoms with Crippen LogP contribution in [0, 0.1) is 0 Å². The van der Waals surface area contributed by atoms with Crippen LogP contribution in [0.15, 0.2) is 49.0 Å². The summed E-state index contributed by atoms with van der Waals surface area (Å²) in [7, 11) is 0. The maximum Gasteiger partial charge on any atom is 0.410 e. The Hall–Kier alpha value is -2.26. The molecule has 3 rings (SSSR count). The van der Waals surface area contributed by atoms with E-state index in [2.05, 4.69) is 6.58 Å². The normalized spacial score (nSPS) is 13.3. The molecule has 0 spiro atoms. The van der Waals surface area contributed by atoms with Crippen LogP contribution in [0.1, 0.15) is 22.3 Å². The number of hydrogen-bond donors (Lipinski definition) is 0. The number of amides is 1. The summed E-state index contributed by atoms with van der Waals surface area (Å²) in [5.41, 5.74) is 4.31. The number of hydrogen-bond acceptors (Lipinski definition) is 2. The molecule has 1 heterocycles. The van der Waals surface area contributed by atoms with E-state index in [4.69, 9.17) is 16.3 Å². The summed E-state index contributed by atoms with van der Waals surface area (Å²) >= 11 is 6.15. The van der Waals surface area contributed by atoms with Gasteiger partial charge in [-0.1, -0.05) is 54.6 Å². The van der Waals surface area contributed by atoms with E-state index >= 15 is 0 Å². The highest BCUT2D eigenvalue weighted by Crippen LogP contribution is 2.27. The van der Waals surface area contributed by atoms with Crippen molar-refractivity contribution in [3.63, 3.8) is 0 Å². The van der Waals surface area contributed by atoms with Gasteiger partial charge in [0.2, 0.25) is 0 Å².